The molecule has 0 atom stereocenters. The Balaban J connectivity index is 1.48. The summed E-state index contributed by atoms with van der Waals surface area (Å²) in [6, 6.07) is 19.2. The Hall–Kier alpha value is -4.73. The largest absolute Gasteiger partial charge is 0.495 e. The van der Waals surface area contributed by atoms with Crippen molar-refractivity contribution in [3.63, 3.8) is 0 Å². The van der Waals surface area contributed by atoms with Gasteiger partial charge in [0.25, 0.3) is 5.91 Å². The van der Waals surface area contributed by atoms with Crippen molar-refractivity contribution in [1.29, 1.82) is 0 Å². The summed E-state index contributed by atoms with van der Waals surface area (Å²) in [6.45, 7) is 1.96. The SMILES string of the molecule is CCOC(=O)c1ccc(NC(=O)CSc2nnc(CNC(=O)c3ccc(S(=O)(=O)N(C)C)cc3)n2-c2ccccc2OC)cc1. The summed E-state index contributed by atoms with van der Waals surface area (Å²) in [7, 11) is 0.756. The molecule has 3 aromatic carbocycles. The third kappa shape index (κ3) is 8.06. The van der Waals surface area contributed by atoms with Gasteiger partial charge in [0.15, 0.2) is 11.0 Å². The number of carbonyl (C=O) groups is 3. The number of ether oxygens (including phenoxy) is 2. The number of methoxy groups -OCH3 is 1. The molecule has 0 radical (unpaired) electrons. The van der Waals surface area contributed by atoms with Crippen molar-refractivity contribution >= 4 is 45.3 Å². The Morgan fingerprint density at radius 3 is 2.24 bits per heavy atom. The van der Waals surface area contributed by atoms with E-state index in [2.05, 4.69) is 20.8 Å². The minimum absolute atomic E-state index is 0.0124. The number of nitrogens with one attached hydrogen (secondary N) is 2. The fourth-order valence-electron chi connectivity index (χ4n) is 4.05. The van der Waals surface area contributed by atoms with Crippen LogP contribution in [0.15, 0.2) is 82.8 Å². The van der Waals surface area contributed by atoms with Crippen LogP contribution in [0.25, 0.3) is 5.69 Å². The predicted molar refractivity (Wildman–Crippen MR) is 168 cm³/mol. The molecule has 0 unspecified atom stereocenters. The number of esters is 1. The van der Waals surface area contributed by atoms with Gasteiger partial charge in [0, 0.05) is 25.3 Å². The third-order valence-electron chi connectivity index (χ3n) is 6.34. The van der Waals surface area contributed by atoms with E-state index in [4.69, 9.17) is 9.47 Å². The van der Waals surface area contributed by atoms with Crippen LogP contribution >= 0.6 is 11.8 Å². The highest BCUT2D eigenvalue weighted by molar-refractivity contribution is 7.99. The Bertz CT molecular complexity index is 1770. The van der Waals surface area contributed by atoms with Gasteiger partial charge in [-0.2, -0.15) is 0 Å². The van der Waals surface area contributed by atoms with Crippen molar-refractivity contribution in [3.05, 3.63) is 89.7 Å². The van der Waals surface area contributed by atoms with Gasteiger partial charge in [-0.25, -0.2) is 17.5 Å². The number of carbonyl (C=O) groups excluding carboxylic acids is 3. The van der Waals surface area contributed by atoms with Crippen LogP contribution in [0.1, 0.15) is 33.5 Å². The van der Waals surface area contributed by atoms with Crippen molar-refractivity contribution in [2.45, 2.75) is 23.5 Å². The molecule has 236 valence electrons. The maximum atomic E-state index is 12.9. The molecule has 0 saturated heterocycles. The third-order valence-corrected chi connectivity index (χ3v) is 9.10. The van der Waals surface area contributed by atoms with E-state index in [0.717, 1.165) is 16.1 Å². The van der Waals surface area contributed by atoms with Gasteiger partial charge < -0.3 is 20.1 Å². The van der Waals surface area contributed by atoms with E-state index in [9.17, 15) is 22.8 Å². The van der Waals surface area contributed by atoms with E-state index in [1.54, 1.807) is 47.9 Å². The first-order valence-corrected chi connectivity index (χ1v) is 16.1. The standard InChI is InChI=1S/C30H32N6O7S2/c1-5-43-29(39)21-10-14-22(15-11-21)32-27(37)19-44-30-34-33-26(36(30)24-8-6-7-9-25(24)42-4)18-31-28(38)20-12-16-23(17-13-20)45(40,41)35(2)3/h6-17H,5,18-19H2,1-4H3,(H,31,38)(H,32,37). The topological polar surface area (TPSA) is 162 Å². The molecule has 15 heteroatoms. The number of anilines is 1. The molecule has 2 N–H and O–H groups in total. The zero-order chi connectivity index (χ0) is 32.6. The summed E-state index contributed by atoms with van der Waals surface area (Å²) in [4.78, 5) is 37.7. The van der Waals surface area contributed by atoms with Gasteiger partial charge in [-0.3, -0.25) is 14.2 Å². The highest BCUT2D eigenvalue weighted by atomic mass is 32.2. The second-order valence-electron chi connectivity index (χ2n) is 9.54. The van der Waals surface area contributed by atoms with Gasteiger partial charge in [-0.15, -0.1) is 10.2 Å². The molecule has 0 aliphatic carbocycles. The van der Waals surface area contributed by atoms with Gasteiger partial charge in [-0.1, -0.05) is 23.9 Å². The second-order valence-corrected chi connectivity index (χ2v) is 12.6. The maximum Gasteiger partial charge on any atom is 0.338 e. The summed E-state index contributed by atoms with van der Waals surface area (Å²) in [5, 5.41) is 14.5. The lowest BCUT2D eigenvalue weighted by atomic mass is 10.2. The Morgan fingerprint density at radius 1 is 0.933 bits per heavy atom. The second kappa shape index (κ2) is 14.8. The number of aromatic nitrogens is 3. The Kier molecular flexibility index (Phi) is 10.9. The first-order valence-electron chi connectivity index (χ1n) is 13.6. The molecule has 45 heavy (non-hydrogen) atoms. The van der Waals surface area contributed by atoms with Gasteiger partial charge in [0.05, 0.1) is 42.2 Å². The lowest BCUT2D eigenvalue weighted by Gasteiger charge is -2.14. The lowest BCUT2D eigenvalue weighted by Crippen LogP contribution is -2.25. The van der Waals surface area contributed by atoms with Crippen LogP contribution in [0.5, 0.6) is 5.75 Å². The molecule has 2 amide bonds. The highest BCUT2D eigenvalue weighted by Crippen LogP contribution is 2.29. The number of hydrogen-bond acceptors (Lipinski definition) is 10. The maximum absolute atomic E-state index is 12.9. The minimum Gasteiger partial charge on any atom is -0.495 e. The average Bonchev–Trinajstić information content (AvgIpc) is 3.45. The number of nitrogens with zero attached hydrogens (tertiary/aromatic N) is 4. The summed E-state index contributed by atoms with van der Waals surface area (Å²) < 4.78 is 38.0. The van der Waals surface area contributed by atoms with Crippen molar-refractivity contribution < 1.29 is 32.3 Å². The number of thioether (sulfide) groups is 1. The van der Waals surface area contributed by atoms with E-state index in [0.29, 0.717) is 33.7 Å². The molecule has 4 aromatic rings. The summed E-state index contributed by atoms with van der Waals surface area (Å²) in [5.74, 6) is -0.315. The molecular weight excluding hydrogens is 620 g/mol. The summed E-state index contributed by atoms with van der Waals surface area (Å²) >= 11 is 1.13. The number of sulfonamides is 1. The van der Waals surface area contributed by atoms with Crippen molar-refractivity contribution in [1.82, 2.24) is 24.4 Å². The zero-order valence-corrected chi connectivity index (χ0v) is 26.6. The molecule has 1 aromatic heterocycles. The smallest absolute Gasteiger partial charge is 0.338 e. The molecular formula is C30H32N6O7S2. The highest BCUT2D eigenvalue weighted by Gasteiger charge is 2.21. The van der Waals surface area contributed by atoms with Crippen molar-refractivity contribution in [2.24, 2.45) is 0 Å². The molecule has 1 heterocycles. The van der Waals surface area contributed by atoms with Crippen LogP contribution in [0.3, 0.4) is 0 Å². The van der Waals surface area contributed by atoms with Crippen LogP contribution in [0, 0.1) is 0 Å². The minimum atomic E-state index is -3.63. The molecule has 4 rings (SSSR count). The molecule has 0 bridgehead atoms. The van der Waals surface area contributed by atoms with Crippen LogP contribution in [-0.4, -0.2) is 78.8 Å². The number of benzene rings is 3. The Morgan fingerprint density at radius 2 is 1.60 bits per heavy atom. The fraction of sp³-hybridized carbons (Fsp3) is 0.233. The number of rotatable bonds is 13. The molecule has 0 aliphatic rings. The van der Waals surface area contributed by atoms with E-state index in [-0.39, 0.29) is 35.3 Å². The quantitative estimate of drug-likeness (QED) is 0.162. The van der Waals surface area contributed by atoms with Crippen LogP contribution in [0.2, 0.25) is 0 Å². The van der Waals surface area contributed by atoms with Crippen LogP contribution in [-0.2, 0) is 26.1 Å². The van der Waals surface area contributed by atoms with Crippen LogP contribution in [0.4, 0.5) is 5.69 Å². The normalized spacial score (nSPS) is 11.2. The van der Waals surface area contributed by atoms with E-state index >= 15 is 0 Å². The number of para-hydroxylation sites is 2. The summed E-state index contributed by atoms with van der Waals surface area (Å²) in [6.07, 6.45) is 0. The van der Waals surface area contributed by atoms with Crippen molar-refractivity contribution in [3.8, 4) is 11.4 Å². The van der Waals surface area contributed by atoms with Crippen LogP contribution < -0.4 is 15.4 Å². The first kappa shape index (κ1) is 33.2. The summed E-state index contributed by atoms with van der Waals surface area (Å²) in [5.41, 5.74) is 1.75. The van der Waals surface area contributed by atoms with E-state index in [1.807, 2.05) is 12.1 Å². The van der Waals surface area contributed by atoms with Crippen molar-refractivity contribution in [2.75, 3.05) is 38.9 Å². The van der Waals surface area contributed by atoms with Gasteiger partial charge >= 0.3 is 5.97 Å². The molecule has 0 spiro atoms. The zero-order valence-electron chi connectivity index (χ0n) is 25.0. The molecule has 0 fully saturated rings. The number of hydrogen-bond donors (Lipinski definition) is 2. The van der Waals surface area contributed by atoms with E-state index in [1.165, 1.54) is 45.5 Å². The fourth-order valence-corrected chi connectivity index (χ4v) is 5.71. The lowest BCUT2D eigenvalue weighted by molar-refractivity contribution is -0.113. The van der Waals surface area contributed by atoms with Gasteiger partial charge in [-0.05, 0) is 67.6 Å². The first-order chi connectivity index (χ1) is 21.5. The molecule has 13 nitrogen and oxygen atoms in total. The van der Waals surface area contributed by atoms with Gasteiger partial charge in [0.1, 0.15) is 5.75 Å². The van der Waals surface area contributed by atoms with E-state index < -0.39 is 21.9 Å². The monoisotopic (exact) mass is 652 g/mol. The number of amides is 2. The van der Waals surface area contributed by atoms with Gasteiger partial charge in [0.2, 0.25) is 15.9 Å². The average molecular weight is 653 g/mol. The predicted octanol–water partition coefficient (Wildman–Crippen LogP) is 3.36. The molecule has 0 saturated carbocycles. The molecule has 0 aliphatic heterocycles. The Labute approximate surface area is 265 Å².